The van der Waals surface area contributed by atoms with E-state index >= 15 is 0 Å². The Hall–Kier alpha value is -3.93. The monoisotopic (exact) mass is 465 g/mol. The molecule has 2 saturated carbocycles. The van der Waals surface area contributed by atoms with Gasteiger partial charge in [0.25, 0.3) is 5.91 Å². The van der Waals surface area contributed by atoms with Crippen molar-refractivity contribution < 1.29 is 14.3 Å². The molecule has 0 radical (unpaired) electrons. The Morgan fingerprint density at radius 2 is 1.63 bits per heavy atom. The van der Waals surface area contributed by atoms with E-state index in [2.05, 4.69) is 15.3 Å². The lowest BCUT2D eigenvalue weighted by Crippen LogP contribution is -2.38. The molecule has 0 saturated heterocycles. The average molecular weight is 466 g/mol. The van der Waals surface area contributed by atoms with Crippen LogP contribution in [-0.2, 0) is 0 Å². The predicted molar refractivity (Wildman–Crippen MR) is 135 cm³/mol. The van der Waals surface area contributed by atoms with Crippen molar-refractivity contribution >= 4 is 22.7 Å². The van der Waals surface area contributed by atoms with Crippen LogP contribution in [0.25, 0.3) is 22.4 Å². The van der Waals surface area contributed by atoms with Gasteiger partial charge in [0, 0.05) is 28.3 Å². The minimum Gasteiger partial charge on any atom is -0.497 e. The lowest BCUT2D eigenvalue weighted by Gasteiger charge is -2.22. The van der Waals surface area contributed by atoms with E-state index in [1.54, 1.807) is 31.4 Å². The fourth-order valence-electron chi connectivity index (χ4n) is 5.65. The lowest BCUT2D eigenvalue weighted by atomic mass is 9.95. The van der Waals surface area contributed by atoms with Crippen LogP contribution in [0.5, 0.6) is 5.75 Å². The minimum atomic E-state index is -0.0463. The summed E-state index contributed by atoms with van der Waals surface area (Å²) in [5.41, 5.74) is 4.36. The Kier molecular flexibility index (Phi) is 5.36. The molecule has 3 aromatic carbocycles. The van der Waals surface area contributed by atoms with E-state index in [-0.39, 0.29) is 11.7 Å². The third kappa shape index (κ3) is 4.09. The lowest BCUT2D eigenvalue weighted by molar-refractivity contribution is 0.0922. The first-order chi connectivity index (χ1) is 17.1. The zero-order valence-electron chi connectivity index (χ0n) is 19.6. The van der Waals surface area contributed by atoms with E-state index in [4.69, 9.17) is 4.74 Å². The molecule has 3 unspecified atom stereocenters. The van der Waals surface area contributed by atoms with Gasteiger partial charge in [0.15, 0.2) is 5.78 Å². The number of rotatable bonds is 6. The normalized spacial score (nSPS) is 20.8. The summed E-state index contributed by atoms with van der Waals surface area (Å²) in [7, 11) is 1.60. The van der Waals surface area contributed by atoms with Crippen LogP contribution in [0.2, 0.25) is 0 Å². The molecule has 1 amide bonds. The van der Waals surface area contributed by atoms with Gasteiger partial charge in [0.05, 0.1) is 18.1 Å². The molecule has 0 aliphatic heterocycles. The molecular formula is C29H27N3O3. The van der Waals surface area contributed by atoms with E-state index in [1.807, 2.05) is 42.5 Å². The van der Waals surface area contributed by atoms with Crippen LogP contribution in [0.15, 0.2) is 66.7 Å². The van der Waals surface area contributed by atoms with Gasteiger partial charge in [-0.25, -0.2) is 4.98 Å². The van der Waals surface area contributed by atoms with E-state index in [1.165, 1.54) is 19.3 Å². The number of aromatic amines is 1. The van der Waals surface area contributed by atoms with Gasteiger partial charge in [-0.2, -0.15) is 0 Å². The first-order valence-electron chi connectivity index (χ1n) is 12.2. The average Bonchev–Trinajstić information content (AvgIpc) is 3.64. The van der Waals surface area contributed by atoms with Gasteiger partial charge in [0.2, 0.25) is 0 Å². The number of imidazole rings is 1. The third-order valence-electron chi connectivity index (χ3n) is 7.57. The smallest absolute Gasteiger partial charge is 0.251 e. The first-order valence-corrected chi connectivity index (χ1v) is 12.2. The number of nitrogens with zero attached hydrogens (tertiary/aromatic N) is 1. The maximum absolute atomic E-state index is 12.9. The Morgan fingerprint density at radius 1 is 0.914 bits per heavy atom. The minimum absolute atomic E-state index is 0.0120. The van der Waals surface area contributed by atoms with Crippen LogP contribution in [0, 0.1) is 11.8 Å². The Bertz CT molecular complexity index is 1410. The third-order valence-corrected chi connectivity index (χ3v) is 7.57. The molecule has 6 rings (SSSR count). The van der Waals surface area contributed by atoms with Gasteiger partial charge in [-0.3, -0.25) is 9.59 Å². The molecule has 176 valence electrons. The molecule has 1 aromatic heterocycles. The van der Waals surface area contributed by atoms with E-state index in [0.717, 1.165) is 28.9 Å². The first kappa shape index (κ1) is 21.6. The molecule has 4 aromatic rings. The molecule has 2 fully saturated rings. The fourth-order valence-corrected chi connectivity index (χ4v) is 5.65. The summed E-state index contributed by atoms with van der Waals surface area (Å²) in [6, 6.07) is 20.4. The topological polar surface area (TPSA) is 84.1 Å². The quantitative estimate of drug-likeness (QED) is 0.374. The number of fused-ring (bicyclic) bond motifs is 3. The number of aromatic nitrogens is 2. The van der Waals surface area contributed by atoms with E-state index in [0.29, 0.717) is 40.2 Å². The molecule has 6 heteroatoms. The molecular weight excluding hydrogens is 438 g/mol. The van der Waals surface area contributed by atoms with E-state index in [9.17, 15) is 9.59 Å². The molecule has 2 bridgehead atoms. The summed E-state index contributed by atoms with van der Waals surface area (Å²) < 4.78 is 5.16. The number of carbonyl (C=O) groups is 2. The molecule has 0 spiro atoms. The maximum Gasteiger partial charge on any atom is 0.251 e. The number of methoxy groups -OCH3 is 1. The van der Waals surface area contributed by atoms with Crippen LogP contribution in [0.3, 0.4) is 0 Å². The van der Waals surface area contributed by atoms with Gasteiger partial charge < -0.3 is 15.0 Å². The maximum atomic E-state index is 12.9. The van der Waals surface area contributed by atoms with Crippen molar-refractivity contribution in [2.75, 3.05) is 7.11 Å². The second kappa shape index (κ2) is 8.69. The summed E-state index contributed by atoms with van der Waals surface area (Å²) in [4.78, 5) is 33.7. The summed E-state index contributed by atoms with van der Waals surface area (Å²) in [5, 5.41) is 3.25. The highest BCUT2D eigenvalue weighted by atomic mass is 16.5. The van der Waals surface area contributed by atoms with Crippen molar-refractivity contribution in [2.24, 2.45) is 11.8 Å². The van der Waals surface area contributed by atoms with Gasteiger partial charge in [-0.15, -0.1) is 0 Å². The standard InChI is InChI=1S/C29H27N3O3/c1-35-23-11-8-19(9-12-23)27(33)18-4-6-20(7-5-18)28-30-24-13-10-22(16-26(24)31-28)29(34)32-25-15-17-2-3-21(25)14-17/h4-13,16-17,21,25H,2-3,14-15H2,1H3,(H,30,31)(H,32,34). The number of amides is 1. The highest BCUT2D eigenvalue weighted by Gasteiger charge is 2.40. The van der Waals surface area contributed by atoms with Crippen molar-refractivity contribution in [1.29, 1.82) is 0 Å². The van der Waals surface area contributed by atoms with Crippen molar-refractivity contribution in [2.45, 2.75) is 31.7 Å². The van der Waals surface area contributed by atoms with Gasteiger partial charge >= 0.3 is 0 Å². The number of carbonyl (C=O) groups excluding carboxylic acids is 2. The number of benzene rings is 3. The molecule has 2 N–H and O–H groups in total. The summed E-state index contributed by atoms with van der Waals surface area (Å²) in [6.07, 6.45) is 4.93. The van der Waals surface area contributed by atoms with Crippen molar-refractivity contribution in [3.8, 4) is 17.1 Å². The summed E-state index contributed by atoms with van der Waals surface area (Å²) in [6.45, 7) is 0. The fraction of sp³-hybridized carbons (Fsp3) is 0.276. The number of hydrogen-bond donors (Lipinski definition) is 2. The highest BCUT2D eigenvalue weighted by molar-refractivity contribution is 6.09. The summed E-state index contributed by atoms with van der Waals surface area (Å²) in [5.74, 6) is 2.80. The van der Waals surface area contributed by atoms with Crippen LogP contribution >= 0.6 is 0 Å². The number of hydrogen-bond acceptors (Lipinski definition) is 4. The Morgan fingerprint density at radius 3 is 2.29 bits per heavy atom. The zero-order valence-corrected chi connectivity index (χ0v) is 19.6. The van der Waals surface area contributed by atoms with Gasteiger partial charge in [0.1, 0.15) is 11.6 Å². The predicted octanol–water partition coefficient (Wildman–Crippen LogP) is 5.39. The number of ketones is 1. The van der Waals surface area contributed by atoms with Crippen LogP contribution < -0.4 is 10.1 Å². The van der Waals surface area contributed by atoms with Crippen LogP contribution in [0.1, 0.15) is 52.0 Å². The second-order valence-corrected chi connectivity index (χ2v) is 9.71. The molecule has 35 heavy (non-hydrogen) atoms. The summed E-state index contributed by atoms with van der Waals surface area (Å²) >= 11 is 0. The molecule has 3 atom stereocenters. The van der Waals surface area contributed by atoms with Crippen LogP contribution in [0.4, 0.5) is 0 Å². The van der Waals surface area contributed by atoms with Gasteiger partial charge in [-0.1, -0.05) is 30.7 Å². The van der Waals surface area contributed by atoms with E-state index < -0.39 is 0 Å². The Balaban J connectivity index is 1.18. The molecule has 2 aliphatic carbocycles. The van der Waals surface area contributed by atoms with Crippen molar-refractivity contribution in [3.05, 3.63) is 83.4 Å². The zero-order chi connectivity index (χ0) is 23.9. The van der Waals surface area contributed by atoms with Gasteiger partial charge in [-0.05, 0) is 73.6 Å². The molecule has 1 heterocycles. The van der Waals surface area contributed by atoms with Crippen LogP contribution in [-0.4, -0.2) is 34.8 Å². The van der Waals surface area contributed by atoms with Crippen molar-refractivity contribution in [3.63, 3.8) is 0 Å². The Labute approximate surface area is 203 Å². The number of H-pyrrole nitrogens is 1. The SMILES string of the molecule is COc1ccc(C(=O)c2ccc(-c3nc4ccc(C(=O)NC5CC6CCC5C6)cc4[nH]3)cc2)cc1. The number of ether oxygens (including phenoxy) is 1. The number of nitrogens with one attached hydrogen (secondary N) is 2. The molecule has 6 nitrogen and oxygen atoms in total. The highest BCUT2D eigenvalue weighted by Crippen LogP contribution is 2.44. The largest absolute Gasteiger partial charge is 0.497 e. The van der Waals surface area contributed by atoms with Crippen molar-refractivity contribution in [1.82, 2.24) is 15.3 Å². The second-order valence-electron chi connectivity index (χ2n) is 9.71. The molecule has 2 aliphatic rings.